The van der Waals surface area contributed by atoms with E-state index in [4.69, 9.17) is 9.47 Å². The molecule has 2 aromatic heterocycles. The molecule has 0 aromatic carbocycles. The van der Waals surface area contributed by atoms with Gasteiger partial charge in [-0.25, -0.2) is 13.8 Å². The average molecular weight is 538 g/mol. The smallest absolute Gasteiger partial charge is 0.280 e. The van der Waals surface area contributed by atoms with E-state index >= 15 is 0 Å². The highest BCUT2D eigenvalue weighted by molar-refractivity contribution is 8.14. The summed E-state index contributed by atoms with van der Waals surface area (Å²) in [6.45, 7) is 2.55. The fourth-order valence-electron chi connectivity index (χ4n) is 3.94. The third kappa shape index (κ3) is 6.07. The maximum Gasteiger partial charge on any atom is 0.280 e. The molecule has 2 N–H and O–H groups in total. The molecule has 1 amide bonds. The molecule has 4 heterocycles. The number of halogens is 2. The van der Waals surface area contributed by atoms with Crippen molar-refractivity contribution in [1.82, 2.24) is 20.7 Å². The van der Waals surface area contributed by atoms with Crippen LogP contribution in [0.25, 0.3) is 11.1 Å². The molecule has 2 fully saturated rings. The summed E-state index contributed by atoms with van der Waals surface area (Å²) in [4.78, 5) is 21.5. The second-order valence-electron chi connectivity index (χ2n) is 9.22. The first-order valence-electron chi connectivity index (χ1n) is 12.2. The van der Waals surface area contributed by atoms with Crippen LogP contribution in [0.3, 0.4) is 0 Å². The molecule has 1 saturated heterocycles. The lowest BCUT2D eigenvalue weighted by Gasteiger charge is -2.15. The van der Waals surface area contributed by atoms with Crippen LogP contribution in [0.15, 0.2) is 29.6 Å². The van der Waals surface area contributed by atoms with Gasteiger partial charge in [-0.2, -0.15) is 5.10 Å². The van der Waals surface area contributed by atoms with Crippen LogP contribution in [0.5, 0.6) is 5.75 Å². The van der Waals surface area contributed by atoms with Crippen LogP contribution < -0.4 is 15.5 Å². The van der Waals surface area contributed by atoms with Crippen LogP contribution in [-0.2, 0) is 4.74 Å². The quantitative estimate of drug-likeness (QED) is 0.567. The van der Waals surface area contributed by atoms with Crippen molar-refractivity contribution in [2.45, 2.75) is 50.0 Å². The van der Waals surface area contributed by atoms with Crippen LogP contribution in [0, 0.1) is 29.6 Å². The van der Waals surface area contributed by atoms with Crippen molar-refractivity contribution in [3.63, 3.8) is 0 Å². The molecule has 8 nitrogen and oxygen atoms in total. The average Bonchev–Trinajstić information content (AvgIpc) is 3.48. The number of carbonyl (C=O) groups is 1. The molecule has 196 valence electrons. The van der Waals surface area contributed by atoms with Crippen LogP contribution in [0.2, 0.25) is 0 Å². The number of aromatic nitrogens is 2. The zero-order valence-corrected chi connectivity index (χ0v) is 21.6. The molecule has 2 atom stereocenters. The van der Waals surface area contributed by atoms with E-state index in [9.17, 15) is 13.6 Å². The van der Waals surface area contributed by atoms with Crippen molar-refractivity contribution in [2.24, 2.45) is 11.0 Å². The van der Waals surface area contributed by atoms with E-state index in [1.807, 2.05) is 6.92 Å². The lowest BCUT2D eigenvalue weighted by molar-refractivity contribution is 0.0695. The van der Waals surface area contributed by atoms with E-state index in [1.165, 1.54) is 37.3 Å². The lowest BCUT2D eigenvalue weighted by Crippen LogP contribution is -2.28. The number of amides is 1. The number of carbonyl (C=O) groups excluding carboxylic acids is 1. The fourth-order valence-corrected chi connectivity index (χ4v) is 4.65. The molecule has 0 radical (unpaired) electrons. The van der Waals surface area contributed by atoms with Gasteiger partial charge < -0.3 is 9.47 Å². The number of amidine groups is 1. The van der Waals surface area contributed by atoms with Gasteiger partial charge in [0.25, 0.3) is 12.3 Å². The highest BCUT2D eigenvalue weighted by Crippen LogP contribution is 2.35. The highest BCUT2D eigenvalue weighted by atomic mass is 32.2. The number of pyridine rings is 2. The van der Waals surface area contributed by atoms with Gasteiger partial charge in [-0.15, -0.1) is 0 Å². The van der Waals surface area contributed by atoms with Gasteiger partial charge in [0.15, 0.2) is 10.5 Å². The van der Waals surface area contributed by atoms with Crippen molar-refractivity contribution < 1.29 is 23.0 Å². The molecule has 1 aliphatic carbocycles. The van der Waals surface area contributed by atoms with E-state index < -0.39 is 23.6 Å². The minimum absolute atomic E-state index is 0.138. The Balaban J connectivity index is 1.47. The number of alkyl halides is 2. The molecule has 5 rings (SSSR count). The summed E-state index contributed by atoms with van der Waals surface area (Å²) in [6, 6.07) is 2.79. The largest absolute Gasteiger partial charge is 0.494 e. The van der Waals surface area contributed by atoms with Crippen molar-refractivity contribution in [2.75, 3.05) is 13.7 Å². The van der Waals surface area contributed by atoms with Crippen LogP contribution >= 0.6 is 11.8 Å². The van der Waals surface area contributed by atoms with E-state index in [1.54, 1.807) is 6.07 Å². The molecular weight excluding hydrogens is 512 g/mol. The third-order valence-electron chi connectivity index (χ3n) is 6.17. The molecule has 11 heteroatoms. The molecule has 0 bridgehead atoms. The summed E-state index contributed by atoms with van der Waals surface area (Å²) in [7, 11) is 1.40. The molecule has 2 unspecified atom stereocenters. The van der Waals surface area contributed by atoms with Gasteiger partial charge >= 0.3 is 0 Å². The number of thioether (sulfide) groups is 1. The van der Waals surface area contributed by atoms with E-state index in [-0.39, 0.29) is 22.3 Å². The number of hydrazone groups is 1. The van der Waals surface area contributed by atoms with E-state index in [0.717, 1.165) is 25.7 Å². The summed E-state index contributed by atoms with van der Waals surface area (Å²) in [6.07, 6.45) is 3.71. The Morgan fingerprint density at radius 2 is 2.11 bits per heavy atom. The first kappa shape index (κ1) is 26.0. The monoisotopic (exact) mass is 537 g/mol. The lowest BCUT2D eigenvalue weighted by atomic mass is 9.98. The van der Waals surface area contributed by atoms with Gasteiger partial charge in [-0.05, 0) is 62.4 Å². The van der Waals surface area contributed by atoms with Crippen molar-refractivity contribution >= 4 is 22.8 Å². The number of methoxy groups -OCH3 is 1. The summed E-state index contributed by atoms with van der Waals surface area (Å²) in [5, 5.41) is 7.01. The first-order valence-corrected chi connectivity index (χ1v) is 13.0. The maximum absolute atomic E-state index is 13.5. The molecule has 1 saturated carbocycles. The second-order valence-corrected chi connectivity index (χ2v) is 10.3. The zero-order chi connectivity index (χ0) is 26.7. The first-order chi connectivity index (χ1) is 18.3. The van der Waals surface area contributed by atoms with Crippen molar-refractivity contribution in [1.29, 1.82) is 0 Å². The van der Waals surface area contributed by atoms with E-state index in [2.05, 4.69) is 49.5 Å². The van der Waals surface area contributed by atoms with Crippen LogP contribution in [-0.4, -0.2) is 45.7 Å². The van der Waals surface area contributed by atoms with Gasteiger partial charge in [0, 0.05) is 29.8 Å². The number of ether oxygens (including phenoxy) is 2. The maximum atomic E-state index is 13.5. The van der Waals surface area contributed by atoms with Gasteiger partial charge in [-0.3, -0.25) is 20.5 Å². The molecule has 38 heavy (non-hydrogen) atoms. The van der Waals surface area contributed by atoms with Gasteiger partial charge in [-0.1, -0.05) is 17.8 Å². The summed E-state index contributed by atoms with van der Waals surface area (Å²) in [5.74, 6) is 12.6. The second kappa shape index (κ2) is 11.0. The zero-order valence-electron chi connectivity index (χ0n) is 20.8. The Hall–Kier alpha value is -3.67. The number of rotatable bonds is 4. The van der Waals surface area contributed by atoms with Crippen LogP contribution in [0.4, 0.5) is 8.78 Å². The highest BCUT2D eigenvalue weighted by Gasteiger charge is 2.28. The Kier molecular flexibility index (Phi) is 7.50. The minimum Gasteiger partial charge on any atom is -0.494 e. The third-order valence-corrected chi connectivity index (χ3v) is 7.05. The molecule has 2 aromatic rings. The number of nitrogens with zero attached hydrogens (tertiary/aromatic N) is 3. The summed E-state index contributed by atoms with van der Waals surface area (Å²) >= 11 is 1.29. The normalized spacial score (nSPS) is 22.0. The predicted molar refractivity (Wildman–Crippen MR) is 139 cm³/mol. The Labute approximate surface area is 223 Å². The molecule has 2 aliphatic heterocycles. The van der Waals surface area contributed by atoms with Crippen molar-refractivity contribution in [3.05, 3.63) is 41.5 Å². The molecule has 0 spiro atoms. The summed E-state index contributed by atoms with van der Waals surface area (Å²) < 4.78 is 38.2. The van der Waals surface area contributed by atoms with Crippen molar-refractivity contribution in [3.8, 4) is 40.6 Å². The van der Waals surface area contributed by atoms with Gasteiger partial charge in [0.05, 0.1) is 18.9 Å². The summed E-state index contributed by atoms with van der Waals surface area (Å²) in [5.41, 5.74) is 2.95. The topological polar surface area (TPSA) is 97.7 Å². The Morgan fingerprint density at radius 3 is 2.82 bits per heavy atom. The Bertz CT molecular complexity index is 1400. The number of hydrogen-bond acceptors (Lipinski definition) is 8. The predicted octanol–water partition coefficient (Wildman–Crippen LogP) is 4.09. The fraction of sp³-hybridized carbons (Fsp3) is 0.407. The van der Waals surface area contributed by atoms with Crippen LogP contribution in [0.1, 0.15) is 60.8 Å². The van der Waals surface area contributed by atoms with Gasteiger partial charge in [0.2, 0.25) is 0 Å². The molecular formula is C27H25F2N5O3S. The Morgan fingerprint density at radius 1 is 1.26 bits per heavy atom. The standard InChI is InChI=1S/C27H25F2N5O3S/c1-27(9-3-11-37-27)10-8-17-12-18(19-13-21(24(28)29)31-15-22(19)36-2)20(14-30-17)25(35)32-26-34-33-23(38-26)7-6-16-4-5-16/h12-16,23-24,33H,3-5,9,11H2,1-2H3,(H,32,34,35). The molecule has 3 aliphatic rings. The SMILES string of the molecule is COc1cnc(C(F)F)cc1-c1cc(C#CC2(C)CCCO2)ncc1C(=O)NC1=NNC(C#CC2CC2)S1. The minimum atomic E-state index is -2.80. The van der Waals surface area contributed by atoms with Gasteiger partial charge in [0.1, 0.15) is 22.7 Å². The number of nitrogens with one attached hydrogen (secondary N) is 2. The number of hydrogen-bond donors (Lipinski definition) is 2. The van der Waals surface area contributed by atoms with E-state index in [0.29, 0.717) is 28.9 Å².